The Morgan fingerprint density at radius 3 is 2.65 bits per heavy atom. The molecule has 0 unspecified atom stereocenters. The number of likely N-dealkylation sites (tertiary alicyclic amines) is 1. The minimum absolute atomic E-state index is 0.0400. The van der Waals surface area contributed by atoms with Crippen molar-refractivity contribution < 1.29 is 9.59 Å². The van der Waals surface area contributed by atoms with Crippen molar-refractivity contribution in [3.8, 4) is 0 Å². The van der Waals surface area contributed by atoms with Crippen molar-refractivity contribution in [2.75, 3.05) is 18.4 Å². The van der Waals surface area contributed by atoms with E-state index in [4.69, 9.17) is 11.6 Å². The maximum absolute atomic E-state index is 12.6. The Balaban J connectivity index is 2.05. The Bertz CT molecular complexity index is 608. The largest absolute Gasteiger partial charge is 0.341 e. The van der Waals surface area contributed by atoms with Crippen LogP contribution in [0.25, 0.3) is 0 Å². The number of amides is 2. The zero-order valence-corrected chi connectivity index (χ0v) is 15.0. The molecule has 0 aliphatic carbocycles. The molecule has 1 fully saturated rings. The molecule has 2 amide bonds. The van der Waals surface area contributed by atoms with Crippen LogP contribution in [0.2, 0.25) is 5.02 Å². The maximum atomic E-state index is 12.6. The summed E-state index contributed by atoms with van der Waals surface area (Å²) in [6.07, 6.45) is 1.66. The third kappa shape index (κ3) is 4.25. The van der Waals surface area contributed by atoms with E-state index >= 15 is 0 Å². The summed E-state index contributed by atoms with van der Waals surface area (Å²) in [7, 11) is 0. The normalized spacial score (nSPS) is 18.7. The van der Waals surface area contributed by atoms with E-state index in [9.17, 15) is 9.59 Å². The summed E-state index contributed by atoms with van der Waals surface area (Å²) in [4.78, 5) is 26.8. The van der Waals surface area contributed by atoms with Crippen LogP contribution in [0.15, 0.2) is 18.2 Å². The van der Waals surface area contributed by atoms with Gasteiger partial charge in [-0.25, -0.2) is 0 Å². The number of nitrogens with zero attached hydrogens (tertiary/aromatic N) is 1. The van der Waals surface area contributed by atoms with Gasteiger partial charge in [-0.1, -0.05) is 38.4 Å². The van der Waals surface area contributed by atoms with Crippen LogP contribution in [0.3, 0.4) is 0 Å². The fraction of sp³-hybridized carbons (Fsp3) is 0.556. The average Bonchev–Trinajstić information content (AvgIpc) is 2.50. The molecule has 0 radical (unpaired) electrons. The van der Waals surface area contributed by atoms with Crippen molar-refractivity contribution in [2.45, 2.75) is 40.5 Å². The zero-order valence-electron chi connectivity index (χ0n) is 14.3. The van der Waals surface area contributed by atoms with Gasteiger partial charge >= 0.3 is 0 Å². The minimum Gasteiger partial charge on any atom is -0.341 e. The van der Waals surface area contributed by atoms with Gasteiger partial charge in [0, 0.05) is 29.2 Å². The number of hydrogen-bond acceptors (Lipinski definition) is 2. The fourth-order valence-corrected chi connectivity index (χ4v) is 3.00. The molecule has 23 heavy (non-hydrogen) atoms. The molecule has 2 rings (SSSR count). The van der Waals surface area contributed by atoms with Crippen LogP contribution in [0, 0.1) is 18.3 Å². The van der Waals surface area contributed by atoms with E-state index in [1.165, 1.54) is 0 Å². The van der Waals surface area contributed by atoms with Gasteiger partial charge in [0.15, 0.2) is 0 Å². The van der Waals surface area contributed by atoms with Crippen LogP contribution in [0.1, 0.15) is 39.2 Å². The van der Waals surface area contributed by atoms with Gasteiger partial charge < -0.3 is 10.2 Å². The highest BCUT2D eigenvalue weighted by atomic mass is 35.5. The molecular weight excluding hydrogens is 312 g/mol. The highest BCUT2D eigenvalue weighted by Gasteiger charge is 2.33. The lowest BCUT2D eigenvalue weighted by molar-refractivity contribution is -0.142. The second-order valence-corrected chi connectivity index (χ2v) is 7.65. The van der Waals surface area contributed by atoms with Gasteiger partial charge in [-0.05, 0) is 37.5 Å². The molecule has 5 heteroatoms. The van der Waals surface area contributed by atoms with Crippen LogP contribution < -0.4 is 5.32 Å². The molecule has 0 saturated carbocycles. The fourth-order valence-electron chi connectivity index (χ4n) is 2.83. The quantitative estimate of drug-likeness (QED) is 0.891. The number of carbonyl (C=O) groups excluding carboxylic acids is 2. The number of benzene rings is 1. The Morgan fingerprint density at radius 2 is 2.00 bits per heavy atom. The summed E-state index contributed by atoms with van der Waals surface area (Å²) >= 11 is 6.09. The van der Waals surface area contributed by atoms with E-state index in [-0.39, 0.29) is 17.7 Å². The summed E-state index contributed by atoms with van der Waals surface area (Å²) in [6.45, 7) is 8.84. The molecule has 1 saturated heterocycles. The smallest absolute Gasteiger partial charge is 0.229 e. The number of halogens is 1. The third-order valence-corrected chi connectivity index (χ3v) is 4.66. The lowest BCUT2D eigenvalue weighted by atomic mass is 9.91. The zero-order chi connectivity index (χ0) is 17.2. The first kappa shape index (κ1) is 17.8. The van der Waals surface area contributed by atoms with Gasteiger partial charge in [0.05, 0.1) is 5.92 Å². The molecule has 1 atom stereocenters. The Hall–Kier alpha value is -1.55. The number of piperidine rings is 1. The Morgan fingerprint density at radius 1 is 1.30 bits per heavy atom. The highest BCUT2D eigenvalue weighted by molar-refractivity contribution is 6.31. The molecular formula is C18H25ClN2O2. The van der Waals surface area contributed by atoms with E-state index in [0.717, 1.165) is 30.6 Å². The van der Waals surface area contributed by atoms with E-state index < -0.39 is 5.41 Å². The first-order chi connectivity index (χ1) is 10.7. The van der Waals surface area contributed by atoms with Crippen LogP contribution in [-0.4, -0.2) is 29.8 Å². The first-order valence-electron chi connectivity index (χ1n) is 8.05. The molecule has 0 bridgehead atoms. The number of carbonyl (C=O) groups is 2. The SMILES string of the molecule is Cc1c(Cl)cccc1NC(=O)[C@@H]1CCCN(C(=O)C(C)(C)C)C1. The van der Waals surface area contributed by atoms with E-state index in [0.29, 0.717) is 11.6 Å². The van der Waals surface area contributed by atoms with Crippen LogP contribution >= 0.6 is 11.6 Å². The third-order valence-electron chi connectivity index (χ3n) is 4.25. The predicted molar refractivity (Wildman–Crippen MR) is 93.6 cm³/mol. The molecule has 1 heterocycles. The molecule has 4 nitrogen and oxygen atoms in total. The van der Waals surface area contributed by atoms with E-state index in [1.807, 2.05) is 44.7 Å². The van der Waals surface area contributed by atoms with Crippen molar-refractivity contribution in [2.24, 2.45) is 11.3 Å². The van der Waals surface area contributed by atoms with Gasteiger partial charge in [-0.15, -0.1) is 0 Å². The van der Waals surface area contributed by atoms with Crippen molar-refractivity contribution in [3.05, 3.63) is 28.8 Å². The average molecular weight is 337 g/mol. The molecule has 1 N–H and O–H groups in total. The van der Waals surface area contributed by atoms with Gasteiger partial charge in [-0.2, -0.15) is 0 Å². The van der Waals surface area contributed by atoms with Crippen LogP contribution in [0.5, 0.6) is 0 Å². The Kier molecular flexibility index (Phi) is 5.35. The molecule has 126 valence electrons. The lowest BCUT2D eigenvalue weighted by Gasteiger charge is -2.36. The summed E-state index contributed by atoms with van der Waals surface area (Å²) in [5.41, 5.74) is 1.18. The summed E-state index contributed by atoms with van der Waals surface area (Å²) in [6, 6.07) is 5.47. The monoisotopic (exact) mass is 336 g/mol. The van der Waals surface area contributed by atoms with Gasteiger partial charge in [0.1, 0.15) is 0 Å². The molecule has 0 spiro atoms. The second kappa shape index (κ2) is 6.91. The standard InChI is InChI=1S/C18H25ClN2O2/c1-12-14(19)8-5-9-15(12)20-16(22)13-7-6-10-21(11-13)17(23)18(2,3)4/h5,8-9,13H,6-7,10-11H2,1-4H3,(H,20,22)/t13-/m1/s1. The predicted octanol–water partition coefficient (Wildman–Crippen LogP) is 3.87. The van der Waals surface area contributed by atoms with Gasteiger partial charge in [-0.3, -0.25) is 9.59 Å². The highest BCUT2D eigenvalue weighted by Crippen LogP contribution is 2.26. The minimum atomic E-state index is -0.415. The summed E-state index contributed by atoms with van der Waals surface area (Å²) in [5.74, 6) is -0.107. The van der Waals surface area contributed by atoms with Crippen LogP contribution in [0.4, 0.5) is 5.69 Å². The van der Waals surface area contributed by atoms with Gasteiger partial charge in [0.2, 0.25) is 11.8 Å². The van der Waals surface area contributed by atoms with Crippen molar-refractivity contribution in [3.63, 3.8) is 0 Å². The number of nitrogens with one attached hydrogen (secondary N) is 1. The maximum Gasteiger partial charge on any atom is 0.229 e. The summed E-state index contributed by atoms with van der Waals surface area (Å²) in [5, 5.41) is 3.59. The molecule has 1 aliphatic heterocycles. The number of rotatable bonds is 2. The summed E-state index contributed by atoms with van der Waals surface area (Å²) < 4.78 is 0. The molecule has 0 aromatic heterocycles. The molecule has 1 aromatic carbocycles. The number of anilines is 1. The first-order valence-corrected chi connectivity index (χ1v) is 8.43. The molecule has 1 aromatic rings. The lowest BCUT2D eigenvalue weighted by Crippen LogP contribution is -2.47. The molecule has 1 aliphatic rings. The van der Waals surface area contributed by atoms with Gasteiger partial charge in [0.25, 0.3) is 0 Å². The van der Waals surface area contributed by atoms with Crippen molar-refractivity contribution >= 4 is 29.1 Å². The van der Waals surface area contributed by atoms with Crippen molar-refractivity contribution in [1.82, 2.24) is 4.90 Å². The Labute approximate surface area is 143 Å². The topological polar surface area (TPSA) is 49.4 Å². The van der Waals surface area contributed by atoms with Crippen LogP contribution in [-0.2, 0) is 9.59 Å². The second-order valence-electron chi connectivity index (χ2n) is 7.24. The van der Waals surface area contributed by atoms with E-state index in [1.54, 1.807) is 6.07 Å². The number of hydrogen-bond donors (Lipinski definition) is 1. The van der Waals surface area contributed by atoms with E-state index in [2.05, 4.69) is 5.32 Å². The van der Waals surface area contributed by atoms with Crippen molar-refractivity contribution in [1.29, 1.82) is 0 Å².